The molecule has 1 aromatic heterocycles. The normalized spacial score (nSPS) is 17.7. The molecule has 1 aliphatic heterocycles. The second kappa shape index (κ2) is 6.74. The first-order valence-corrected chi connectivity index (χ1v) is 8.99. The van der Waals surface area contributed by atoms with E-state index in [1.807, 2.05) is 6.07 Å². The minimum Gasteiger partial charge on any atom is -0.367 e. The van der Waals surface area contributed by atoms with Crippen LogP contribution in [0.25, 0.3) is 0 Å². The van der Waals surface area contributed by atoms with Gasteiger partial charge in [0, 0.05) is 23.4 Å². The summed E-state index contributed by atoms with van der Waals surface area (Å²) in [6.45, 7) is 0.535. The van der Waals surface area contributed by atoms with Crippen LogP contribution in [-0.2, 0) is 12.7 Å². The molecule has 1 N–H and O–H groups in total. The van der Waals surface area contributed by atoms with Crippen LogP contribution in [0.4, 0.5) is 19.0 Å². The lowest BCUT2D eigenvalue weighted by Crippen LogP contribution is -2.24. The average molecular weight is 359 g/mol. The Kier molecular flexibility index (Phi) is 4.42. The molecule has 136 valence electrons. The van der Waals surface area contributed by atoms with Crippen molar-refractivity contribution in [1.82, 2.24) is 4.98 Å². The number of fused-ring (bicyclic) bond motifs is 1. The van der Waals surface area contributed by atoms with Gasteiger partial charge in [-0.1, -0.05) is 31.4 Å². The maximum absolute atomic E-state index is 12.8. The van der Waals surface area contributed by atoms with Crippen LogP contribution in [0.3, 0.4) is 0 Å². The fraction of sp³-hybridized carbons (Fsp3) is 0.400. The molecule has 0 radical (unpaired) electrons. The van der Waals surface area contributed by atoms with Gasteiger partial charge in [0.25, 0.3) is 0 Å². The molecule has 0 atom stereocenters. The van der Waals surface area contributed by atoms with Crippen LogP contribution in [0.5, 0.6) is 0 Å². The molecule has 2 aromatic rings. The summed E-state index contributed by atoms with van der Waals surface area (Å²) in [6, 6.07) is 7.54. The number of nitrogens with zero attached hydrogens (tertiary/aromatic N) is 2. The zero-order valence-corrected chi connectivity index (χ0v) is 14.3. The number of hydrogen-bond acceptors (Lipinski definition) is 3. The van der Waals surface area contributed by atoms with E-state index < -0.39 is 11.7 Å². The number of hydrogen-bond donors (Lipinski definition) is 1. The van der Waals surface area contributed by atoms with Gasteiger partial charge in [0.1, 0.15) is 5.82 Å². The highest BCUT2D eigenvalue weighted by atomic mass is 19.4. The predicted octanol–water partition coefficient (Wildman–Crippen LogP) is 5.20. The van der Waals surface area contributed by atoms with Gasteiger partial charge in [-0.15, -0.1) is 0 Å². The van der Waals surface area contributed by atoms with Gasteiger partial charge in [0.2, 0.25) is 0 Å². The number of benzene rings is 1. The molecule has 6 heteroatoms. The van der Waals surface area contributed by atoms with Crippen molar-refractivity contribution in [3.63, 3.8) is 0 Å². The van der Waals surface area contributed by atoms with Gasteiger partial charge >= 0.3 is 6.18 Å². The molecule has 0 spiro atoms. The molecule has 1 aliphatic carbocycles. The van der Waals surface area contributed by atoms with E-state index in [-0.39, 0.29) is 0 Å². The van der Waals surface area contributed by atoms with Crippen molar-refractivity contribution in [2.45, 2.75) is 50.9 Å². The van der Waals surface area contributed by atoms with Crippen molar-refractivity contribution >= 4 is 11.5 Å². The smallest absolute Gasteiger partial charge is 0.367 e. The molecule has 3 nitrogen and oxygen atoms in total. The van der Waals surface area contributed by atoms with Crippen molar-refractivity contribution in [2.75, 3.05) is 5.32 Å². The van der Waals surface area contributed by atoms with Crippen LogP contribution in [0, 0.1) is 0 Å². The highest BCUT2D eigenvalue weighted by molar-refractivity contribution is 6.17. The van der Waals surface area contributed by atoms with Gasteiger partial charge in [-0.3, -0.25) is 4.99 Å². The minimum atomic E-state index is -4.33. The van der Waals surface area contributed by atoms with Crippen LogP contribution < -0.4 is 5.32 Å². The van der Waals surface area contributed by atoms with Gasteiger partial charge in [-0.25, -0.2) is 4.98 Å². The monoisotopic (exact) mass is 359 g/mol. The summed E-state index contributed by atoms with van der Waals surface area (Å²) in [5, 5.41) is 3.54. The van der Waals surface area contributed by atoms with Gasteiger partial charge in [-0.05, 0) is 36.6 Å². The molecular weight excluding hydrogens is 339 g/mol. The largest absolute Gasteiger partial charge is 0.416 e. The van der Waals surface area contributed by atoms with Crippen molar-refractivity contribution in [3.8, 4) is 0 Å². The lowest BCUT2D eigenvalue weighted by Gasteiger charge is -2.24. The number of anilines is 1. The number of aliphatic imine (C=N–C) groups is 1. The van der Waals surface area contributed by atoms with Crippen LogP contribution in [0.15, 0.2) is 41.5 Å². The standard InChI is InChI=1S/C20H20F3N3/c21-20(22,23)15-8-6-13(7-9-15)18-17-14(12-25-18)10-11-24-19(17)26-16-4-2-1-3-5-16/h6-11,16H,1-5,12H2,(H,24,26). The summed E-state index contributed by atoms with van der Waals surface area (Å²) in [4.78, 5) is 9.08. The van der Waals surface area contributed by atoms with E-state index in [1.54, 1.807) is 6.20 Å². The number of aromatic nitrogens is 1. The third kappa shape index (κ3) is 3.32. The Morgan fingerprint density at radius 3 is 2.38 bits per heavy atom. The zero-order valence-electron chi connectivity index (χ0n) is 14.3. The highest BCUT2D eigenvalue weighted by Gasteiger charge is 2.31. The van der Waals surface area contributed by atoms with Crippen molar-refractivity contribution < 1.29 is 13.2 Å². The summed E-state index contributed by atoms with van der Waals surface area (Å²) in [7, 11) is 0. The average Bonchev–Trinajstić information content (AvgIpc) is 3.07. The van der Waals surface area contributed by atoms with E-state index in [9.17, 15) is 13.2 Å². The Bertz CT molecular complexity index is 819. The Labute approximate surface area is 150 Å². The second-order valence-corrected chi connectivity index (χ2v) is 6.91. The molecule has 4 rings (SSSR count). The third-order valence-electron chi connectivity index (χ3n) is 5.11. The number of rotatable bonds is 3. The lowest BCUT2D eigenvalue weighted by atomic mass is 9.94. The van der Waals surface area contributed by atoms with E-state index in [2.05, 4.69) is 15.3 Å². The summed E-state index contributed by atoms with van der Waals surface area (Å²) in [6.07, 6.45) is 3.39. The van der Waals surface area contributed by atoms with Crippen LogP contribution in [0.1, 0.15) is 54.4 Å². The Morgan fingerprint density at radius 1 is 0.962 bits per heavy atom. The molecule has 1 fully saturated rings. The molecule has 2 aliphatic rings. The summed E-state index contributed by atoms with van der Waals surface area (Å²) in [5.74, 6) is 0.797. The number of nitrogens with one attached hydrogen (secondary N) is 1. The van der Waals surface area contributed by atoms with E-state index >= 15 is 0 Å². The SMILES string of the molecule is FC(F)(F)c1ccc(C2=NCc3ccnc(NC4CCCCC4)c32)cc1. The van der Waals surface area contributed by atoms with Crippen molar-refractivity contribution in [1.29, 1.82) is 0 Å². The molecule has 1 saturated carbocycles. The van der Waals surface area contributed by atoms with Gasteiger partial charge < -0.3 is 5.32 Å². The predicted molar refractivity (Wildman–Crippen MR) is 95.5 cm³/mol. The summed E-state index contributed by atoms with van der Waals surface area (Å²) >= 11 is 0. The molecule has 2 heterocycles. The molecule has 26 heavy (non-hydrogen) atoms. The van der Waals surface area contributed by atoms with Gasteiger partial charge in [0.15, 0.2) is 0 Å². The van der Waals surface area contributed by atoms with Crippen LogP contribution in [0.2, 0.25) is 0 Å². The molecule has 0 bridgehead atoms. The third-order valence-corrected chi connectivity index (χ3v) is 5.11. The Hall–Kier alpha value is -2.37. The first-order valence-electron chi connectivity index (χ1n) is 8.99. The summed E-state index contributed by atoms with van der Waals surface area (Å²) in [5.41, 5.74) is 2.76. The molecule has 0 unspecified atom stereocenters. The molecule has 1 aromatic carbocycles. The fourth-order valence-electron chi connectivity index (χ4n) is 3.74. The second-order valence-electron chi connectivity index (χ2n) is 6.91. The minimum absolute atomic E-state index is 0.400. The maximum atomic E-state index is 12.8. The fourth-order valence-corrected chi connectivity index (χ4v) is 3.74. The van der Waals surface area contributed by atoms with Crippen molar-refractivity contribution in [2.24, 2.45) is 4.99 Å². The molecule has 0 amide bonds. The van der Waals surface area contributed by atoms with Crippen LogP contribution in [-0.4, -0.2) is 16.7 Å². The van der Waals surface area contributed by atoms with Crippen LogP contribution >= 0.6 is 0 Å². The van der Waals surface area contributed by atoms with Gasteiger partial charge in [0.05, 0.1) is 17.8 Å². The van der Waals surface area contributed by atoms with E-state index in [0.29, 0.717) is 18.2 Å². The Balaban J connectivity index is 1.64. The lowest BCUT2D eigenvalue weighted by molar-refractivity contribution is -0.137. The first kappa shape index (κ1) is 17.1. The first-order chi connectivity index (χ1) is 12.5. The van der Waals surface area contributed by atoms with E-state index in [0.717, 1.165) is 47.6 Å². The quantitative estimate of drug-likeness (QED) is 0.818. The van der Waals surface area contributed by atoms with E-state index in [4.69, 9.17) is 0 Å². The number of pyridine rings is 1. The van der Waals surface area contributed by atoms with Gasteiger partial charge in [-0.2, -0.15) is 13.2 Å². The summed E-state index contributed by atoms with van der Waals surface area (Å²) < 4.78 is 38.4. The van der Waals surface area contributed by atoms with E-state index in [1.165, 1.54) is 31.4 Å². The molecule has 0 saturated heterocycles. The number of alkyl halides is 3. The highest BCUT2D eigenvalue weighted by Crippen LogP contribution is 2.32. The molecular formula is C20H20F3N3. The Morgan fingerprint density at radius 2 is 1.69 bits per heavy atom. The topological polar surface area (TPSA) is 37.3 Å². The number of halogens is 3. The zero-order chi connectivity index (χ0) is 18.1. The maximum Gasteiger partial charge on any atom is 0.416 e. The van der Waals surface area contributed by atoms with Crippen molar-refractivity contribution in [3.05, 3.63) is 58.8 Å².